The summed E-state index contributed by atoms with van der Waals surface area (Å²) < 4.78 is 19.3. The maximum atomic E-state index is 13.8. The molecule has 7 heteroatoms. The molecule has 0 aliphatic carbocycles. The van der Waals surface area contributed by atoms with Crippen molar-refractivity contribution in [2.75, 3.05) is 44.3 Å². The summed E-state index contributed by atoms with van der Waals surface area (Å²) in [7, 11) is 2.00. The van der Waals surface area contributed by atoms with E-state index in [0.717, 1.165) is 19.2 Å². The Morgan fingerprint density at radius 2 is 2.35 bits per heavy atom. The predicted octanol–water partition coefficient (Wildman–Crippen LogP) is 0.249. The number of nitrogens with two attached hydrogens (primary N) is 2. The molecule has 0 spiro atoms. The second-order valence-electron chi connectivity index (χ2n) is 4.92. The number of nitrogen functional groups attached to an aromatic ring is 1. The Balaban J connectivity index is 2.05. The van der Waals surface area contributed by atoms with E-state index >= 15 is 0 Å². The van der Waals surface area contributed by atoms with Crippen LogP contribution < -0.4 is 16.8 Å². The molecule has 1 atom stereocenters. The number of rotatable bonds is 4. The fourth-order valence-electron chi connectivity index (χ4n) is 2.15. The fourth-order valence-corrected chi connectivity index (χ4v) is 2.15. The molecular weight excluding hydrogens is 263 g/mol. The van der Waals surface area contributed by atoms with Gasteiger partial charge in [-0.05, 0) is 19.2 Å². The first-order chi connectivity index (χ1) is 9.47. The van der Waals surface area contributed by atoms with Crippen molar-refractivity contribution < 1.29 is 13.9 Å². The van der Waals surface area contributed by atoms with Crippen LogP contribution in [-0.4, -0.2) is 50.2 Å². The molecule has 110 valence electrons. The van der Waals surface area contributed by atoms with Crippen molar-refractivity contribution in [3.05, 3.63) is 23.5 Å². The number of halogens is 1. The number of amides is 1. The number of carbonyl (C=O) groups excluding carboxylic acids is 1. The molecule has 2 rings (SSSR count). The summed E-state index contributed by atoms with van der Waals surface area (Å²) in [6.07, 6.45) is -0.0252. The van der Waals surface area contributed by atoms with Gasteiger partial charge in [0.25, 0.3) is 5.91 Å². The summed E-state index contributed by atoms with van der Waals surface area (Å²) in [5.74, 6) is -1.20. The number of ether oxygens (including phenoxy) is 1. The van der Waals surface area contributed by atoms with E-state index in [1.807, 2.05) is 7.05 Å². The molecule has 1 aromatic carbocycles. The maximum absolute atomic E-state index is 13.8. The van der Waals surface area contributed by atoms with Gasteiger partial charge in [-0.15, -0.1) is 0 Å². The molecule has 0 aromatic heterocycles. The van der Waals surface area contributed by atoms with Crippen LogP contribution in [0.1, 0.15) is 10.4 Å². The molecule has 1 aliphatic rings. The van der Waals surface area contributed by atoms with Crippen molar-refractivity contribution in [2.24, 2.45) is 5.73 Å². The Bertz CT molecular complexity index is 509. The third-order valence-electron chi connectivity index (χ3n) is 3.27. The van der Waals surface area contributed by atoms with E-state index in [2.05, 4.69) is 10.2 Å². The number of morpholine rings is 1. The van der Waals surface area contributed by atoms with Crippen LogP contribution in [0.15, 0.2) is 12.1 Å². The minimum absolute atomic E-state index is 0.0252. The second kappa shape index (κ2) is 6.06. The van der Waals surface area contributed by atoms with E-state index in [4.69, 9.17) is 16.2 Å². The van der Waals surface area contributed by atoms with Gasteiger partial charge in [0.15, 0.2) is 0 Å². The first-order valence-electron chi connectivity index (χ1n) is 6.40. The molecule has 1 amide bonds. The molecule has 0 saturated carbocycles. The van der Waals surface area contributed by atoms with E-state index in [-0.39, 0.29) is 23.0 Å². The number of hydrogen-bond donors (Lipinski definition) is 3. The van der Waals surface area contributed by atoms with Crippen LogP contribution in [0, 0.1) is 5.82 Å². The van der Waals surface area contributed by atoms with E-state index in [1.165, 1.54) is 6.07 Å². The van der Waals surface area contributed by atoms with Crippen molar-refractivity contribution in [1.29, 1.82) is 0 Å². The Morgan fingerprint density at radius 3 is 3.00 bits per heavy atom. The molecule has 0 bridgehead atoms. The fraction of sp³-hybridized carbons (Fsp3) is 0.462. The monoisotopic (exact) mass is 282 g/mol. The smallest absolute Gasteiger partial charge is 0.250 e. The molecule has 20 heavy (non-hydrogen) atoms. The number of nitrogens with zero attached hydrogens (tertiary/aromatic N) is 1. The number of primary amides is 1. The molecular formula is C13H19FN4O2. The maximum Gasteiger partial charge on any atom is 0.250 e. The number of anilines is 2. The first kappa shape index (κ1) is 14.5. The Hall–Kier alpha value is -1.86. The number of carbonyl (C=O) groups is 1. The van der Waals surface area contributed by atoms with E-state index < -0.39 is 11.7 Å². The Kier molecular flexibility index (Phi) is 4.41. The van der Waals surface area contributed by atoms with Gasteiger partial charge in [-0.1, -0.05) is 0 Å². The van der Waals surface area contributed by atoms with Crippen LogP contribution in [0.3, 0.4) is 0 Å². The van der Waals surface area contributed by atoms with Crippen molar-refractivity contribution in [1.82, 2.24) is 4.90 Å². The van der Waals surface area contributed by atoms with Crippen molar-refractivity contribution in [2.45, 2.75) is 6.10 Å². The summed E-state index contributed by atoms with van der Waals surface area (Å²) in [4.78, 5) is 13.3. The van der Waals surface area contributed by atoms with Crippen molar-refractivity contribution in [3.63, 3.8) is 0 Å². The van der Waals surface area contributed by atoms with Crippen LogP contribution in [0.2, 0.25) is 0 Å². The van der Waals surface area contributed by atoms with Gasteiger partial charge in [-0.3, -0.25) is 4.79 Å². The zero-order valence-corrected chi connectivity index (χ0v) is 11.4. The summed E-state index contributed by atoms with van der Waals surface area (Å²) >= 11 is 0. The van der Waals surface area contributed by atoms with E-state index in [1.54, 1.807) is 0 Å². The third-order valence-corrected chi connectivity index (χ3v) is 3.27. The quantitative estimate of drug-likeness (QED) is 0.688. The van der Waals surface area contributed by atoms with Gasteiger partial charge in [-0.2, -0.15) is 0 Å². The van der Waals surface area contributed by atoms with Crippen LogP contribution in [0.25, 0.3) is 0 Å². The summed E-state index contributed by atoms with van der Waals surface area (Å²) in [5, 5.41) is 2.94. The lowest BCUT2D eigenvalue weighted by atomic mass is 10.1. The topological polar surface area (TPSA) is 93.6 Å². The molecule has 0 radical (unpaired) electrons. The molecule has 1 unspecified atom stereocenters. The van der Waals surface area contributed by atoms with Gasteiger partial charge in [0.2, 0.25) is 0 Å². The SMILES string of the molecule is CN1CCOC(CNc2cc(C(N)=O)c(N)cc2F)C1. The molecule has 6 nitrogen and oxygen atoms in total. The highest BCUT2D eigenvalue weighted by Gasteiger charge is 2.18. The number of benzene rings is 1. The van der Waals surface area contributed by atoms with Gasteiger partial charge >= 0.3 is 0 Å². The second-order valence-corrected chi connectivity index (χ2v) is 4.92. The molecule has 1 aromatic rings. The molecule has 1 saturated heterocycles. The number of likely N-dealkylation sites (N-methyl/N-ethyl adjacent to an activating group) is 1. The average Bonchev–Trinajstić information content (AvgIpc) is 2.37. The standard InChI is InChI=1S/C13H19FN4O2/c1-18-2-3-20-8(7-18)6-17-12-4-9(13(16)19)11(15)5-10(12)14/h4-5,8,17H,2-3,6-7,15H2,1H3,(H2,16,19). The van der Waals surface area contributed by atoms with Crippen LogP contribution in [-0.2, 0) is 4.74 Å². The normalized spacial score (nSPS) is 19.8. The van der Waals surface area contributed by atoms with E-state index in [9.17, 15) is 9.18 Å². The Labute approximate surface area is 116 Å². The van der Waals surface area contributed by atoms with Crippen molar-refractivity contribution >= 4 is 17.3 Å². The number of hydrogen-bond acceptors (Lipinski definition) is 5. The average molecular weight is 282 g/mol. The minimum atomic E-state index is -0.681. The molecule has 1 aliphatic heterocycles. The van der Waals surface area contributed by atoms with Crippen LogP contribution in [0.5, 0.6) is 0 Å². The molecule has 1 heterocycles. The van der Waals surface area contributed by atoms with Crippen LogP contribution in [0.4, 0.5) is 15.8 Å². The largest absolute Gasteiger partial charge is 0.398 e. The lowest BCUT2D eigenvalue weighted by molar-refractivity contribution is -0.0117. The van der Waals surface area contributed by atoms with E-state index in [0.29, 0.717) is 13.2 Å². The zero-order valence-electron chi connectivity index (χ0n) is 11.4. The van der Waals surface area contributed by atoms with Crippen LogP contribution >= 0.6 is 0 Å². The lowest BCUT2D eigenvalue weighted by Crippen LogP contribution is -2.43. The van der Waals surface area contributed by atoms with Gasteiger partial charge in [0, 0.05) is 25.3 Å². The third kappa shape index (κ3) is 3.37. The van der Waals surface area contributed by atoms with Crippen molar-refractivity contribution in [3.8, 4) is 0 Å². The minimum Gasteiger partial charge on any atom is -0.398 e. The molecule has 5 N–H and O–H groups in total. The van der Waals surface area contributed by atoms with Gasteiger partial charge in [0.05, 0.1) is 24.0 Å². The first-order valence-corrected chi connectivity index (χ1v) is 6.40. The highest BCUT2D eigenvalue weighted by atomic mass is 19.1. The van der Waals surface area contributed by atoms with Gasteiger partial charge < -0.3 is 26.4 Å². The Morgan fingerprint density at radius 1 is 1.60 bits per heavy atom. The lowest BCUT2D eigenvalue weighted by Gasteiger charge is -2.30. The highest BCUT2D eigenvalue weighted by molar-refractivity contribution is 5.99. The number of nitrogens with one attached hydrogen (secondary N) is 1. The summed E-state index contributed by atoms with van der Waals surface area (Å²) in [6, 6.07) is 2.43. The summed E-state index contributed by atoms with van der Waals surface area (Å²) in [5.41, 5.74) is 11.1. The van der Waals surface area contributed by atoms with Gasteiger partial charge in [0.1, 0.15) is 5.82 Å². The summed E-state index contributed by atoms with van der Waals surface area (Å²) in [6.45, 7) is 2.76. The molecule has 1 fully saturated rings. The predicted molar refractivity (Wildman–Crippen MR) is 75.1 cm³/mol. The zero-order chi connectivity index (χ0) is 14.7. The van der Waals surface area contributed by atoms with Gasteiger partial charge in [-0.25, -0.2) is 4.39 Å². The highest BCUT2D eigenvalue weighted by Crippen LogP contribution is 2.22.